The first-order valence-electron chi connectivity index (χ1n) is 0.200. The molecule has 0 aromatic heterocycles. The molecule has 0 spiro atoms. The van der Waals surface area contributed by atoms with Gasteiger partial charge in [0.05, 0.1) is 0 Å². The van der Waals surface area contributed by atoms with Gasteiger partial charge in [0, 0.05) is 0 Å². The Balaban J connectivity index is -0.00000000500. The SMILES string of the molecule is OO.[Br-].[Na+]. The summed E-state index contributed by atoms with van der Waals surface area (Å²) in [7, 11) is 0. The minimum absolute atomic E-state index is 0. The first kappa shape index (κ1) is 18.2. The molecule has 0 aliphatic heterocycles. The smallest absolute Gasteiger partial charge is 1.00 e. The van der Waals surface area contributed by atoms with Gasteiger partial charge >= 0.3 is 29.6 Å². The van der Waals surface area contributed by atoms with Gasteiger partial charge in [-0.05, 0) is 0 Å². The molecule has 0 aliphatic rings. The van der Waals surface area contributed by atoms with E-state index in [4.69, 9.17) is 10.5 Å². The zero-order valence-electron chi connectivity index (χ0n) is 2.27. The van der Waals surface area contributed by atoms with Crippen LogP contribution in [0.3, 0.4) is 0 Å². The summed E-state index contributed by atoms with van der Waals surface area (Å²) in [6.07, 6.45) is 0. The molecule has 0 amide bonds. The molecule has 0 saturated heterocycles. The molecule has 2 nitrogen and oxygen atoms in total. The summed E-state index contributed by atoms with van der Waals surface area (Å²) in [5.41, 5.74) is 0. The van der Waals surface area contributed by atoms with Crippen molar-refractivity contribution in [2.45, 2.75) is 0 Å². The van der Waals surface area contributed by atoms with Crippen molar-refractivity contribution in [3.8, 4) is 0 Å². The van der Waals surface area contributed by atoms with Crippen molar-refractivity contribution < 1.29 is 57.1 Å². The van der Waals surface area contributed by atoms with Crippen molar-refractivity contribution in [1.29, 1.82) is 0 Å². The Morgan fingerprint density at radius 1 is 1.00 bits per heavy atom. The quantitative estimate of drug-likeness (QED) is 0.198. The Labute approximate surface area is 56.8 Å². The molecule has 4 heteroatoms. The zero-order chi connectivity index (χ0) is 2.00. The second-order valence-electron chi connectivity index (χ2n) is 0. The van der Waals surface area contributed by atoms with Gasteiger partial charge in [0.25, 0.3) is 0 Å². The zero-order valence-corrected chi connectivity index (χ0v) is 5.86. The van der Waals surface area contributed by atoms with Gasteiger partial charge in [-0.1, -0.05) is 0 Å². The Bertz CT molecular complexity index is 6.00. The molecule has 0 aromatic carbocycles. The van der Waals surface area contributed by atoms with Gasteiger partial charge < -0.3 is 17.0 Å². The van der Waals surface area contributed by atoms with Crippen LogP contribution in [0.1, 0.15) is 0 Å². The molecule has 2 N–H and O–H groups in total. The summed E-state index contributed by atoms with van der Waals surface area (Å²) in [5.74, 6) is 0. The summed E-state index contributed by atoms with van der Waals surface area (Å²) in [4.78, 5) is 0. The summed E-state index contributed by atoms with van der Waals surface area (Å²) >= 11 is 0. The fourth-order valence-corrected chi connectivity index (χ4v) is 0. The molecule has 0 fully saturated rings. The maximum Gasteiger partial charge on any atom is 1.00 e. The van der Waals surface area contributed by atoms with E-state index in [1.54, 1.807) is 0 Å². The number of halogens is 1. The van der Waals surface area contributed by atoms with Crippen molar-refractivity contribution in [3.63, 3.8) is 0 Å². The normalized spacial score (nSPS) is 1.50. The minimum Gasteiger partial charge on any atom is -1.00 e. The Kier molecular flexibility index (Phi) is 118. The van der Waals surface area contributed by atoms with E-state index in [-0.39, 0.29) is 46.5 Å². The maximum atomic E-state index is 6.00. The molecule has 0 heterocycles. The van der Waals surface area contributed by atoms with E-state index < -0.39 is 0 Å². The Hall–Kier alpha value is 1.40. The fourth-order valence-electron chi connectivity index (χ4n) is 0. The number of hydrogen-bond acceptors (Lipinski definition) is 2. The van der Waals surface area contributed by atoms with Gasteiger partial charge in [-0.15, -0.1) is 0 Å². The molecule has 0 aromatic rings. The van der Waals surface area contributed by atoms with Crippen LogP contribution < -0.4 is 46.5 Å². The first-order valence-corrected chi connectivity index (χ1v) is 0.200. The predicted octanol–water partition coefficient (Wildman–Crippen LogP) is -5.97. The van der Waals surface area contributed by atoms with Crippen LogP contribution in [-0.4, -0.2) is 10.5 Å². The predicted molar refractivity (Wildman–Crippen MR) is 5.26 cm³/mol. The van der Waals surface area contributed by atoms with Crippen LogP contribution in [0.2, 0.25) is 0 Å². The summed E-state index contributed by atoms with van der Waals surface area (Å²) in [6, 6.07) is 0. The van der Waals surface area contributed by atoms with Crippen molar-refractivity contribution in [3.05, 3.63) is 0 Å². The molecule has 0 atom stereocenters. The molecule has 0 radical (unpaired) electrons. The van der Waals surface area contributed by atoms with Crippen LogP contribution >= 0.6 is 0 Å². The fraction of sp³-hybridized carbons (Fsp3) is 0. The molecule has 22 valence electrons. The maximum absolute atomic E-state index is 6.00. The van der Waals surface area contributed by atoms with Gasteiger partial charge in [0.15, 0.2) is 0 Å². The van der Waals surface area contributed by atoms with E-state index in [1.165, 1.54) is 0 Å². The average Bonchev–Trinajstić information content (AvgIpc) is 1.00. The second kappa shape index (κ2) is 26.0. The molecule has 0 unspecified atom stereocenters. The van der Waals surface area contributed by atoms with E-state index in [0.717, 1.165) is 0 Å². The Morgan fingerprint density at radius 2 is 1.00 bits per heavy atom. The largest absolute Gasteiger partial charge is 1.00 e. The van der Waals surface area contributed by atoms with Gasteiger partial charge in [0.2, 0.25) is 0 Å². The molecular formula is H2BrNaO2. The van der Waals surface area contributed by atoms with Gasteiger partial charge in [-0.3, -0.25) is 10.5 Å². The number of hydrogen-bond donors (Lipinski definition) is 2. The first-order chi connectivity index (χ1) is 1.00. The third-order valence-corrected chi connectivity index (χ3v) is 0. The summed E-state index contributed by atoms with van der Waals surface area (Å²) in [5, 5.41) is 12.0. The van der Waals surface area contributed by atoms with E-state index in [1.807, 2.05) is 0 Å². The van der Waals surface area contributed by atoms with Crippen LogP contribution in [0.25, 0.3) is 0 Å². The van der Waals surface area contributed by atoms with Gasteiger partial charge in [-0.25, -0.2) is 0 Å². The second-order valence-corrected chi connectivity index (χ2v) is 0. The van der Waals surface area contributed by atoms with Crippen LogP contribution in [0.5, 0.6) is 0 Å². The molecule has 0 saturated carbocycles. The topological polar surface area (TPSA) is 40.5 Å². The standard InChI is InChI=1S/BrH.Na.H2O2/c;;1-2/h1H;;1-2H/q;+1;/p-1. The van der Waals surface area contributed by atoms with Gasteiger partial charge in [0.1, 0.15) is 0 Å². The minimum atomic E-state index is 0. The van der Waals surface area contributed by atoms with Crippen molar-refractivity contribution >= 4 is 0 Å². The van der Waals surface area contributed by atoms with Crippen LogP contribution in [0.4, 0.5) is 0 Å². The van der Waals surface area contributed by atoms with E-state index in [9.17, 15) is 0 Å². The molecule has 4 heavy (non-hydrogen) atoms. The molecule has 0 aliphatic carbocycles. The summed E-state index contributed by atoms with van der Waals surface area (Å²) < 4.78 is 0. The van der Waals surface area contributed by atoms with Crippen molar-refractivity contribution in [2.75, 3.05) is 0 Å². The third-order valence-electron chi connectivity index (χ3n) is 0. The molecular weight excluding hydrogens is 135 g/mol. The van der Waals surface area contributed by atoms with E-state index >= 15 is 0 Å². The van der Waals surface area contributed by atoms with Crippen LogP contribution in [0.15, 0.2) is 0 Å². The van der Waals surface area contributed by atoms with E-state index in [2.05, 4.69) is 0 Å². The molecule has 0 rings (SSSR count). The summed E-state index contributed by atoms with van der Waals surface area (Å²) in [6.45, 7) is 0. The van der Waals surface area contributed by atoms with E-state index in [0.29, 0.717) is 0 Å². The Morgan fingerprint density at radius 3 is 1.00 bits per heavy atom. The van der Waals surface area contributed by atoms with Crippen LogP contribution in [-0.2, 0) is 0 Å². The van der Waals surface area contributed by atoms with Crippen molar-refractivity contribution in [1.82, 2.24) is 0 Å². The third kappa shape index (κ3) is 9.99. The van der Waals surface area contributed by atoms with Crippen molar-refractivity contribution in [2.24, 2.45) is 0 Å². The van der Waals surface area contributed by atoms with Crippen LogP contribution in [0, 0.1) is 0 Å². The monoisotopic (exact) mass is 136 g/mol. The molecule has 0 bridgehead atoms. The van der Waals surface area contributed by atoms with Gasteiger partial charge in [-0.2, -0.15) is 0 Å². The average molecular weight is 137 g/mol. The number of rotatable bonds is 0.